The molecule has 0 bridgehead atoms. The molecule has 0 aromatic heterocycles. The van der Waals surface area contributed by atoms with Crippen molar-refractivity contribution in [3.63, 3.8) is 0 Å². The van der Waals surface area contributed by atoms with Crippen LogP contribution in [-0.4, -0.2) is 37.6 Å². The molecule has 0 aliphatic carbocycles. The van der Waals surface area contributed by atoms with Crippen molar-refractivity contribution in [2.24, 2.45) is 5.92 Å². The van der Waals surface area contributed by atoms with Gasteiger partial charge in [0.05, 0.1) is 12.5 Å². The summed E-state index contributed by atoms with van der Waals surface area (Å²) in [5.41, 5.74) is 3.07. The number of likely N-dealkylation sites (tertiary alicyclic amines) is 1. The highest BCUT2D eigenvalue weighted by Gasteiger charge is 2.43. The van der Waals surface area contributed by atoms with Gasteiger partial charge in [-0.2, -0.15) is 0 Å². The fraction of sp³-hybridized carbons (Fsp3) is 0.444. The average molecular weight is 519 g/mol. The third-order valence-corrected chi connectivity index (χ3v) is 7.42. The summed E-state index contributed by atoms with van der Waals surface area (Å²) in [4.78, 5) is 15.5. The van der Waals surface area contributed by atoms with Crippen LogP contribution in [0.3, 0.4) is 0 Å². The lowest BCUT2D eigenvalue weighted by molar-refractivity contribution is -0.150. The van der Waals surface area contributed by atoms with Gasteiger partial charge in [0.25, 0.3) is 0 Å². The Balaban J connectivity index is 1.62. The van der Waals surface area contributed by atoms with Crippen LogP contribution in [0.5, 0.6) is 0 Å². The van der Waals surface area contributed by atoms with Gasteiger partial charge < -0.3 is 9.64 Å². The van der Waals surface area contributed by atoms with E-state index >= 15 is 0 Å². The van der Waals surface area contributed by atoms with Crippen LogP contribution in [0.2, 0.25) is 5.02 Å². The quantitative estimate of drug-likeness (QED) is 0.348. The Labute approximate surface area is 205 Å². The van der Waals surface area contributed by atoms with Gasteiger partial charge in [0.1, 0.15) is 0 Å². The van der Waals surface area contributed by atoms with Crippen LogP contribution in [0, 0.1) is 5.92 Å². The Morgan fingerprint density at radius 3 is 2.47 bits per heavy atom. The van der Waals surface area contributed by atoms with Crippen LogP contribution in [-0.2, 0) is 14.9 Å². The second-order valence-corrected chi connectivity index (χ2v) is 10.3. The Morgan fingerprint density at radius 2 is 1.88 bits per heavy atom. The van der Waals surface area contributed by atoms with E-state index in [0.29, 0.717) is 0 Å². The van der Waals surface area contributed by atoms with E-state index in [1.165, 1.54) is 18.2 Å². The minimum Gasteiger partial charge on any atom is -0.468 e. The molecule has 32 heavy (non-hydrogen) atoms. The smallest absolute Gasteiger partial charge is 0.316 e. The molecule has 1 saturated heterocycles. The molecule has 0 radical (unpaired) electrons. The van der Waals surface area contributed by atoms with Crippen LogP contribution in [0.4, 0.5) is 0 Å². The number of halogens is 2. The van der Waals surface area contributed by atoms with E-state index in [1.54, 1.807) is 0 Å². The van der Waals surface area contributed by atoms with Gasteiger partial charge in [-0.1, -0.05) is 77.3 Å². The van der Waals surface area contributed by atoms with Crippen LogP contribution in [0.15, 0.2) is 58.6 Å². The molecule has 1 heterocycles. The number of carbonyl (C=O) groups is 1. The Hall–Kier alpha value is -1.62. The molecule has 0 spiro atoms. The van der Waals surface area contributed by atoms with Crippen LogP contribution in [0.1, 0.15) is 50.7 Å². The molecule has 0 N–H and O–H groups in total. The number of methoxy groups -OCH3 is 1. The highest BCUT2D eigenvalue weighted by Crippen LogP contribution is 2.39. The summed E-state index contributed by atoms with van der Waals surface area (Å²) in [6.45, 7) is 7.33. The maximum absolute atomic E-state index is 13.0. The van der Waals surface area contributed by atoms with Gasteiger partial charge in [-0.15, -0.1) is 0 Å². The number of piperidine rings is 1. The maximum Gasteiger partial charge on any atom is 0.316 e. The number of nitrogens with zero attached hydrogens (tertiary/aromatic N) is 1. The van der Waals surface area contributed by atoms with Crippen molar-refractivity contribution < 1.29 is 9.53 Å². The van der Waals surface area contributed by atoms with Crippen molar-refractivity contribution in [2.75, 3.05) is 26.7 Å². The van der Waals surface area contributed by atoms with Gasteiger partial charge in [0, 0.05) is 22.6 Å². The number of carbonyl (C=O) groups excluding carboxylic acids is 1. The molecule has 5 heteroatoms. The Bertz CT molecular complexity index is 931. The number of rotatable bonds is 8. The monoisotopic (exact) mass is 517 g/mol. The van der Waals surface area contributed by atoms with Crippen molar-refractivity contribution in [1.29, 1.82) is 0 Å². The summed E-state index contributed by atoms with van der Waals surface area (Å²) in [5, 5.41) is 0.779. The number of ether oxygens (including phenoxy) is 1. The molecule has 1 atom stereocenters. The van der Waals surface area contributed by atoms with Gasteiger partial charge >= 0.3 is 5.97 Å². The molecule has 172 valence electrons. The van der Waals surface area contributed by atoms with Gasteiger partial charge in [0.15, 0.2) is 0 Å². The largest absolute Gasteiger partial charge is 0.468 e. The van der Waals surface area contributed by atoms with Gasteiger partial charge in [-0.3, -0.25) is 4.79 Å². The third-order valence-electron chi connectivity index (χ3n) is 6.66. The topological polar surface area (TPSA) is 29.5 Å². The van der Waals surface area contributed by atoms with Gasteiger partial charge in [-0.25, -0.2) is 0 Å². The van der Waals surface area contributed by atoms with E-state index in [9.17, 15) is 4.79 Å². The van der Waals surface area contributed by atoms with Gasteiger partial charge in [-0.05, 0) is 73.5 Å². The van der Waals surface area contributed by atoms with Crippen molar-refractivity contribution in [2.45, 2.75) is 44.9 Å². The number of hydrogen-bond acceptors (Lipinski definition) is 3. The van der Waals surface area contributed by atoms with Gasteiger partial charge in [0.2, 0.25) is 0 Å². The second kappa shape index (κ2) is 11.5. The Kier molecular flexibility index (Phi) is 8.98. The minimum atomic E-state index is -0.622. The maximum atomic E-state index is 13.0. The Morgan fingerprint density at radius 1 is 1.19 bits per heavy atom. The lowest BCUT2D eigenvalue weighted by atomic mass is 9.68. The predicted molar refractivity (Wildman–Crippen MR) is 137 cm³/mol. The van der Waals surface area contributed by atoms with E-state index in [0.717, 1.165) is 60.4 Å². The summed E-state index contributed by atoms with van der Waals surface area (Å²) < 4.78 is 6.31. The molecular weight excluding hydrogens is 486 g/mol. The van der Waals surface area contributed by atoms with Crippen molar-refractivity contribution in [3.8, 4) is 0 Å². The molecule has 1 unspecified atom stereocenters. The van der Waals surface area contributed by atoms with Crippen molar-refractivity contribution in [3.05, 3.63) is 74.7 Å². The lowest BCUT2D eigenvalue weighted by Gasteiger charge is -2.36. The number of benzene rings is 2. The summed E-state index contributed by atoms with van der Waals surface area (Å²) >= 11 is 9.62. The SMILES string of the molecule is COC(=O)C(CCCN1CCC(=Cc2cccc(Cl)c2)CC1)(c1ccc(Br)cc1)C(C)C. The van der Waals surface area contributed by atoms with Crippen molar-refractivity contribution in [1.82, 2.24) is 4.90 Å². The second-order valence-electron chi connectivity index (χ2n) is 8.93. The molecule has 0 saturated carbocycles. The molecule has 3 rings (SSSR count). The fourth-order valence-corrected chi connectivity index (χ4v) is 5.24. The molecular formula is C27H33BrClNO2. The van der Waals surface area contributed by atoms with Crippen LogP contribution in [0.25, 0.3) is 6.08 Å². The molecule has 1 aliphatic rings. The normalized spacial score (nSPS) is 16.6. The zero-order valence-electron chi connectivity index (χ0n) is 19.2. The van der Waals surface area contributed by atoms with Crippen molar-refractivity contribution >= 4 is 39.6 Å². The first kappa shape index (κ1) is 25.0. The van der Waals surface area contributed by atoms with E-state index in [2.05, 4.69) is 59.0 Å². The summed E-state index contributed by atoms with van der Waals surface area (Å²) in [6.07, 6.45) is 6.16. The zero-order chi connectivity index (χ0) is 23.1. The third kappa shape index (κ3) is 6.03. The summed E-state index contributed by atoms with van der Waals surface area (Å²) in [5.74, 6) is 0.00456. The first-order valence-electron chi connectivity index (χ1n) is 11.4. The summed E-state index contributed by atoms with van der Waals surface area (Å²) in [6, 6.07) is 16.1. The fourth-order valence-electron chi connectivity index (χ4n) is 4.77. The van der Waals surface area contributed by atoms with Crippen LogP contribution >= 0.6 is 27.5 Å². The van der Waals surface area contributed by atoms with E-state index in [4.69, 9.17) is 16.3 Å². The van der Waals surface area contributed by atoms with E-state index in [1.807, 2.05) is 30.3 Å². The first-order chi connectivity index (χ1) is 15.3. The molecule has 1 aliphatic heterocycles. The summed E-state index contributed by atoms with van der Waals surface area (Å²) in [7, 11) is 1.50. The lowest BCUT2D eigenvalue weighted by Crippen LogP contribution is -2.43. The van der Waals surface area contributed by atoms with E-state index in [-0.39, 0.29) is 11.9 Å². The van der Waals surface area contributed by atoms with Crippen LogP contribution < -0.4 is 0 Å². The molecule has 2 aromatic rings. The highest BCUT2D eigenvalue weighted by atomic mass is 79.9. The van der Waals surface area contributed by atoms with E-state index < -0.39 is 5.41 Å². The highest BCUT2D eigenvalue weighted by molar-refractivity contribution is 9.10. The molecule has 1 fully saturated rings. The number of hydrogen-bond donors (Lipinski definition) is 0. The molecule has 3 nitrogen and oxygen atoms in total. The minimum absolute atomic E-state index is 0.139. The molecule has 2 aromatic carbocycles. The zero-order valence-corrected chi connectivity index (χ0v) is 21.6. The average Bonchev–Trinajstić information content (AvgIpc) is 2.78. The standard InChI is InChI=1S/C27H33BrClNO2/c1-20(2)27(26(31)32-3,23-8-10-24(28)11-9-23)14-5-15-30-16-12-21(13-17-30)18-22-6-4-7-25(29)19-22/h4,6-11,18-20H,5,12-17H2,1-3H3. The molecule has 0 amide bonds. The predicted octanol–water partition coefficient (Wildman–Crippen LogP) is 7.13. The first-order valence-corrected chi connectivity index (χ1v) is 12.5. The number of esters is 1.